The van der Waals surface area contributed by atoms with E-state index < -0.39 is 173 Å². The highest BCUT2D eigenvalue weighted by atomic mass is 16.5. The molecule has 1 aliphatic heterocycles. The van der Waals surface area contributed by atoms with E-state index in [2.05, 4.69) is 4.98 Å². The lowest BCUT2D eigenvalue weighted by atomic mass is 9.59. The van der Waals surface area contributed by atoms with Crippen molar-refractivity contribution in [3.8, 4) is 0 Å². The van der Waals surface area contributed by atoms with Crippen molar-refractivity contribution in [2.24, 2.45) is 81.2 Å². The second kappa shape index (κ2) is 28.0. The van der Waals surface area contributed by atoms with Crippen molar-refractivity contribution in [2.75, 3.05) is 20.2 Å². The highest BCUT2D eigenvalue weighted by Crippen LogP contribution is 2.52. The lowest BCUT2D eigenvalue weighted by Crippen LogP contribution is -2.74. The zero-order valence-corrected chi connectivity index (χ0v) is 49.6. The van der Waals surface area contributed by atoms with E-state index in [4.69, 9.17) is 39.1 Å². The summed E-state index contributed by atoms with van der Waals surface area (Å²) in [5.41, 5.74) is 33.9. The van der Waals surface area contributed by atoms with Gasteiger partial charge in [-0.1, -0.05) is 107 Å². The molecule has 0 bridgehead atoms. The van der Waals surface area contributed by atoms with Crippen molar-refractivity contribution in [3.63, 3.8) is 0 Å². The number of amides is 7. The van der Waals surface area contributed by atoms with Crippen LogP contribution in [0, 0.1) is 46.8 Å². The van der Waals surface area contributed by atoms with Gasteiger partial charge >= 0.3 is 5.97 Å². The minimum Gasteiger partial charge on any atom is -0.467 e. The number of Topliss-reactive ketones (excluding diaryl/α,β-unsaturated/α-hetero) is 3. The first-order valence-electron chi connectivity index (χ1n) is 27.8. The number of benzene rings is 1. The number of methoxy groups -OCH3 is 1. The molecule has 1 fully saturated rings. The number of aromatic nitrogens is 1. The summed E-state index contributed by atoms with van der Waals surface area (Å²) < 4.78 is 5.45. The number of hydrogen-bond acceptors (Lipinski definition) is 18. The number of rotatable bonds is 27. The Morgan fingerprint density at radius 2 is 1.20 bits per heavy atom. The number of ether oxygens (including phenoxy) is 1. The molecule has 0 aliphatic carbocycles. The number of likely N-dealkylation sites (tertiary alicyclic amines) is 1. The number of fused-ring (bicyclic) bond motifs is 1. The predicted octanol–water partition coefficient (Wildman–Crippen LogP) is 1.67. The first kappa shape index (κ1) is 68.2. The first-order valence-corrected chi connectivity index (χ1v) is 27.8. The standard InChI is InChI=1S/C57H91N11O12/c1-16-31(9)43(62)52(76)65(50(74)35(13)58)27-33(11)45(70)57(55(79)80-15)56(36(14)69,46(71)39(59)25-37-26-64-41-21-19-18-20-38(37)41)22-23-66(57)49(73)34(12)47(67(48(72)30(7)8)51(75)40(60)24-28(3)4)68(53(77)42(61)29(5)6)54(78)44(63)32(10)17-2/h18-21,26,28-35,39-40,42-44,47,64H,16-17,22-25,27,58-63H2,1-15H3/t31-,32-,33?,34?,35-,39-,40-,42-,43-,44-,47?,56?,57+/m0/s1. The molecule has 13 N–H and O–H groups in total. The average Bonchev–Trinajstić information content (AvgIpc) is 4.21. The van der Waals surface area contributed by atoms with Crippen molar-refractivity contribution in [1.29, 1.82) is 0 Å². The highest BCUT2D eigenvalue weighted by molar-refractivity contribution is 6.25. The van der Waals surface area contributed by atoms with Gasteiger partial charge in [-0.3, -0.25) is 62.6 Å². The van der Waals surface area contributed by atoms with E-state index in [1.54, 1.807) is 85.9 Å². The van der Waals surface area contributed by atoms with Crippen molar-refractivity contribution in [3.05, 3.63) is 36.0 Å². The molecule has 1 aliphatic rings. The number of nitrogens with one attached hydrogen (secondary N) is 1. The van der Waals surface area contributed by atoms with Crippen LogP contribution < -0.4 is 34.4 Å². The number of imide groups is 3. The summed E-state index contributed by atoms with van der Waals surface area (Å²) in [5.74, 6) is -20.1. The van der Waals surface area contributed by atoms with E-state index in [-0.39, 0.29) is 18.8 Å². The molecule has 7 amide bonds. The lowest BCUT2D eigenvalue weighted by Gasteiger charge is -2.48. The molecular weight excluding hydrogens is 1030 g/mol. The molecule has 0 spiro atoms. The summed E-state index contributed by atoms with van der Waals surface area (Å²) in [6, 6.07) is -1.83. The van der Waals surface area contributed by atoms with Gasteiger partial charge in [-0.05, 0) is 75.3 Å². The second-order valence-corrected chi connectivity index (χ2v) is 23.1. The molecule has 2 aromatic rings. The summed E-state index contributed by atoms with van der Waals surface area (Å²) in [6.45, 7) is 19.2. The molecule has 4 unspecified atom stereocenters. The third-order valence-corrected chi connectivity index (χ3v) is 16.1. The molecule has 80 heavy (non-hydrogen) atoms. The number of esters is 1. The molecular formula is C57H91N11O12. The third-order valence-electron chi connectivity index (χ3n) is 16.1. The van der Waals surface area contributed by atoms with Crippen LogP contribution in [0.2, 0.25) is 0 Å². The number of nitrogens with zero attached hydrogens (tertiary/aromatic N) is 4. The second-order valence-electron chi connectivity index (χ2n) is 23.1. The fourth-order valence-electron chi connectivity index (χ4n) is 10.6. The summed E-state index contributed by atoms with van der Waals surface area (Å²) in [4.78, 5) is 173. The van der Waals surface area contributed by atoms with Crippen LogP contribution >= 0.6 is 0 Å². The molecule has 23 nitrogen and oxygen atoms in total. The summed E-state index contributed by atoms with van der Waals surface area (Å²) >= 11 is 0. The van der Waals surface area contributed by atoms with Gasteiger partial charge in [0.1, 0.15) is 17.4 Å². The van der Waals surface area contributed by atoms with E-state index in [0.717, 1.165) is 21.0 Å². The van der Waals surface area contributed by atoms with Gasteiger partial charge in [0, 0.05) is 42.0 Å². The average molecular weight is 1120 g/mol. The fourth-order valence-corrected chi connectivity index (χ4v) is 10.6. The number of carbonyl (C=O) groups is 11. The number of aromatic amines is 1. The maximum Gasteiger partial charge on any atom is 0.341 e. The lowest BCUT2D eigenvalue weighted by molar-refractivity contribution is -0.182. The zero-order valence-electron chi connectivity index (χ0n) is 49.6. The van der Waals surface area contributed by atoms with E-state index in [1.807, 2.05) is 0 Å². The van der Waals surface area contributed by atoms with Crippen LogP contribution in [0.1, 0.15) is 128 Å². The van der Waals surface area contributed by atoms with Gasteiger partial charge in [0.05, 0.1) is 49.3 Å². The number of para-hydroxylation sites is 1. The van der Waals surface area contributed by atoms with Crippen LogP contribution in [0.3, 0.4) is 0 Å². The highest BCUT2D eigenvalue weighted by Gasteiger charge is 2.76. The summed E-state index contributed by atoms with van der Waals surface area (Å²) in [7, 11) is 0.845. The Hall–Kier alpha value is -6.11. The number of H-pyrrole nitrogens is 1. The van der Waals surface area contributed by atoms with Crippen molar-refractivity contribution in [2.45, 2.75) is 177 Å². The number of nitrogens with two attached hydrogens (primary N) is 6. The van der Waals surface area contributed by atoms with Gasteiger partial charge in [0.25, 0.3) is 0 Å². The first-order chi connectivity index (χ1) is 37.1. The Morgan fingerprint density at radius 3 is 1.69 bits per heavy atom. The SMILES string of the molecule is CC[C@H](C)[C@H](N)C(=O)N(CC(C)C(=O)[C@]1(C(=O)OC)N(C(=O)C(C)C(N(C(=O)[C@@H](N)C(C)C)C(=O)[C@@H](N)[C@@H](C)CC)N(C(=O)C(C)C)C(=O)[C@@H](N)CC(C)C)CCC1(C(C)=O)C(=O)[C@@H](N)Cc1c[nH]c2ccccc12)C(=O)[C@H](C)N. The minimum atomic E-state index is -3.39. The minimum absolute atomic E-state index is 0.0330. The molecule has 2 heterocycles. The van der Waals surface area contributed by atoms with Crippen molar-refractivity contribution in [1.82, 2.24) is 24.6 Å². The Kier molecular flexibility index (Phi) is 23.9. The van der Waals surface area contributed by atoms with E-state index >= 15 is 38.4 Å². The van der Waals surface area contributed by atoms with Crippen LogP contribution in [-0.2, 0) is 63.9 Å². The Balaban J connectivity index is 2.67. The monoisotopic (exact) mass is 1120 g/mol. The van der Waals surface area contributed by atoms with Gasteiger partial charge in [-0.15, -0.1) is 0 Å². The molecule has 23 heteroatoms. The molecule has 1 aromatic heterocycles. The molecule has 1 aromatic carbocycles. The largest absolute Gasteiger partial charge is 0.467 e. The summed E-state index contributed by atoms with van der Waals surface area (Å²) in [6.07, 6.45) is -1.11. The maximum atomic E-state index is 16.4. The van der Waals surface area contributed by atoms with Crippen molar-refractivity contribution >= 4 is 75.6 Å². The van der Waals surface area contributed by atoms with Gasteiger partial charge < -0.3 is 49.0 Å². The van der Waals surface area contributed by atoms with Gasteiger partial charge in [-0.2, -0.15) is 0 Å². The topological polar surface area (TPSA) is 382 Å². The smallest absolute Gasteiger partial charge is 0.341 e. The fraction of sp³-hybridized carbons (Fsp3) is 0.667. The number of carbonyl (C=O) groups excluding carboxylic acids is 11. The van der Waals surface area contributed by atoms with Crippen LogP contribution in [0.15, 0.2) is 30.5 Å². The van der Waals surface area contributed by atoms with Crippen LogP contribution in [0.5, 0.6) is 0 Å². The Bertz CT molecular complexity index is 2640. The third kappa shape index (κ3) is 13.3. The van der Waals surface area contributed by atoms with E-state index in [1.165, 1.54) is 27.7 Å². The predicted molar refractivity (Wildman–Crippen MR) is 300 cm³/mol. The number of ketones is 3. The van der Waals surface area contributed by atoms with Crippen LogP contribution in [-0.4, -0.2) is 157 Å². The van der Waals surface area contributed by atoms with E-state index in [0.29, 0.717) is 48.9 Å². The molecule has 3 rings (SSSR count). The van der Waals surface area contributed by atoms with Gasteiger partial charge in [0.2, 0.25) is 46.9 Å². The molecule has 1 saturated heterocycles. The molecule has 0 saturated carbocycles. The maximum absolute atomic E-state index is 16.4. The van der Waals surface area contributed by atoms with Gasteiger partial charge in [0.15, 0.2) is 11.6 Å². The van der Waals surface area contributed by atoms with Crippen LogP contribution in [0.4, 0.5) is 0 Å². The number of hydrogen-bond donors (Lipinski definition) is 7. The molecule has 13 atom stereocenters. The molecule has 446 valence electrons. The molecule has 0 radical (unpaired) electrons. The Morgan fingerprint density at radius 1 is 0.675 bits per heavy atom. The van der Waals surface area contributed by atoms with Crippen LogP contribution in [0.25, 0.3) is 10.9 Å². The van der Waals surface area contributed by atoms with Crippen molar-refractivity contribution < 1.29 is 57.5 Å². The van der Waals surface area contributed by atoms with E-state index in [9.17, 15) is 14.4 Å². The quantitative estimate of drug-likeness (QED) is 0.0380. The zero-order chi connectivity index (χ0) is 61.4. The summed E-state index contributed by atoms with van der Waals surface area (Å²) in [5, 5.41) is 0.654. The van der Waals surface area contributed by atoms with Gasteiger partial charge in [-0.25, -0.2) is 4.79 Å². The normalized spacial score (nSPS) is 20.6. The Labute approximate surface area is 470 Å².